The standard InChI is InChI=1S/C29H37N3O3/c1-18(2)17-35-28(34)32-12-10-20(11-13-32)25-16-31-26-23(25)14-21(15-24(26)27(30)33)19-6-8-22(9-7-19)29(3,4)5/h6-9,14-16,18,20,31H,10-13,17H2,1-5H3,(H2,30,33). The largest absolute Gasteiger partial charge is 0.449 e. The molecule has 6 heteroatoms. The maximum absolute atomic E-state index is 12.4. The van der Waals surface area contributed by atoms with Gasteiger partial charge in [-0.2, -0.15) is 0 Å². The van der Waals surface area contributed by atoms with E-state index < -0.39 is 5.91 Å². The van der Waals surface area contributed by atoms with E-state index in [1.54, 1.807) is 4.90 Å². The summed E-state index contributed by atoms with van der Waals surface area (Å²) in [7, 11) is 0. The van der Waals surface area contributed by atoms with Gasteiger partial charge in [0, 0.05) is 24.7 Å². The molecular weight excluding hydrogens is 438 g/mol. The first-order valence-corrected chi connectivity index (χ1v) is 12.5. The van der Waals surface area contributed by atoms with E-state index in [2.05, 4.69) is 56.1 Å². The normalized spacial score (nSPS) is 15.1. The van der Waals surface area contributed by atoms with Crippen molar-refractivity contribution in [2.45, 2.75) is 58.8 Å². The van der Waals surface area contributed by atoms with Gasteiger partial charge in [-0.05, 0) is 64.5 Å². The number of benzene rings is 2. The minimum Gasteiger partial charge on any atom is -0.449 e. The third-order valence-corrected chi connectivity index (χ3v) is 6.90. The summed E-state index contributed by atoms with van der Waals surface area (Å²) in [6.07, 6.45) is 3.47. The van der Waals surface area contributed by atoms with E-state index in [9.17, 15) is 9.59 Å². The SMILES string of the molecule is CC(C)COC(=O)N1CCC(c2c[nH]c3c(C(N)=O)cc(-c4ccc(C(C)(C)C)cc4)cc23)CC1. The van der Waals surface area contributed by atoms with Crippen molar-refractivity contribution >= 4 is 22.9 Å². The first-order chi connectivity index (χ1) is 16.5. The lowest BCUT2D eigenvalue weighted by Gasteiger charge is -2.31. The Bertz CT molecular complexity index is 1210. The van der Waals surface area contributed by atoms with Crippen LogP contribution in [0.1, 0.15) is 74.9 Å². The molecule has 186 valence electrons. The average molecular weight is 476 g/mol. The van der Waals surface area contributed by atoms with Crippen molar-refractivity contribution in [3.63, 3.8) is 0 Å². The number of amides is 2. The van der Waals surface area contributed by atoms with Gasteiger partial charge in [0.25, 0.3) is 5.91 Å². The molecule has 1 aromatic heterocycles. The summed E-state index contributed by atoms with van der Waals surface area (Å²) in [6.45, 7) is 12.4. The number of piperidine rings is 1. The summed E-state index contributed by atoms with van der Waals surface area (Å²) in [6, 6.07) is 12.6. The number of hydrogen-bond donors (Lipinski definition) is 2. The molecule has 2 aromatic carbocycles. The van der Waals surface area contributed by atoms with Gasteiger partial charge in [0.1, 0.15) is 0 Å². The Morgan fingerprint density at radius 3 is 2.31 bits per heavy atom. The number of likely N-dealkylation sites (tertiary alicyclic amines) is 1. The Kier molecular flexibility index (Phi) is 6.93. The van der Waals surface area contributed by atoms with Gasteiger partial charge in [-0.15, -0.1) is 0 Å². The van der Waals surface area contributed by atoms with Crippen LogP contribution in [0, 0.1) is 5.92 Å². The number of aromatic nitrogens is 1. The smallest absolute Gasteiger partial charge is 0.409 e. The molecule has 0 spiro atoms. The number of nitrogens with one attached hydrogen (secondary N) is 1. The second-order valence-corrected chi connectivity index (χ2v) is 11.1. The van der Waals surface area contributed by atoms with Gasteiger partial charge >= 0.3 is 6.09 Å². The number of carbonyl (C=O) groups excluding carboxylic acids is 2. The molecule has 35 heavy (non-hydrogen) atoms. The highest BCUT2D eigenvalue weighted by molar-refractivity contribution is 6.07. The van der Waals surface area contributed by atoms with Gasteiger partial charge in [0.05, 0.1) is 17.7 Å². The van der Waals surface area contributed by atoms with Crippen molar-refractivity contribution in [2.75, 3.05) is 19.7 Å². The lowest BCUT2D eigenvalue weighted by molar-refractivity contribution is 0.0834. The lowest BCUT2D eigenvalue weighted by atomic mass is 9.85. The van der Waals surface area contributed by atoms with E-state index >= 15 is 0 Å². The molecular formula is C29H37N3O3. The van der Waals surface area contributed by atoms with Crippen molar-refractivity contribution in [2.24, 2.45) is 11.7 Å². The number of fused-ring (bicyclic) bond motifs is 1. The van der Waals surface area contributed by atoms with Gasteiger partial charge in [0.2, 0.25) is 0 Å². The molecule has 0 bridgehead atoms. The zero-order valence-electron chi connectivity index (χ0n) is 21.5. The molecule has 4 rings (SSSR count). The second kappa shape index (κ2) is 9.76. The van der Waals surface area contributed by atoms with Gasteiger partial charge in [0.15, 0.2) is 0 Å². The molecule has 1 saturated heterocycles. The molecule has 1 aliphatic rings. The van der Waals surface area contributed by atoms with Gasteiger partial charge in [-0.1, -0.05) is 58.9 Å². The number of ether oxygens (including phenoxy) is 1. The molecule has 1 fully saturated rings. The van der Waals surface area contributed by atoms with Crippen molar-refractivity contribution in [3.8, 4) is 11.1 Å². The van der Waals surface area contributed by atoms with Gasteiger partial charge in [-0.25, -0.2) is 4.79 Å². The first kappa shape index (κ1) is 24.8. The van der Waals surface area contributed by atoms with Crippen LogP contribution in [0.25, 0.3) is 22.0 Å². The van der Waals surface area contributed by atoms with Crippen LogP contribution in [-0.2, 0) is 10.2 Å². The van der Waals surface area contributed by atoms with Crippen LogP contribution in [0.15, 0.2) is 42.6 Å². The highest BCUT2D eigenvalue weighted by Crippen LogP contribution is 2.37. The molecule has 0 atom stereocenters. The number of hydrogen-bond acceptors (Lipinski definition) is 3. The van der Waals surface area contributed by atoms with Crippen LogP contribution in [0.3, 0.4) is 0 Å². The fraction of sp³-hybridized carbons (Fsp3) is 0.448. The zero-order valence-corrected chi connectivity index (χ0v) is 21.5. The quantitative estimate of drug-likeness (QED) is 0.460. The number of aromatic amines is 1. The Labute approximate surface area is 207 Å². The third kappa shape index (κ3) is 5.37. The summed E-state index contributed by atoms with van der Waals surface area (Å²) in [5.74, 6) is 0.164. The monoisotopic (exact) mass is 475 g/mol. The molecule has 0 radical (unpaired) electrons. The predicted octanol–water partition coefficient (Wildman–Crippen LogP) is 6.20. The maximum atomic E-state index is 12.4. The molecule has 0 aliphatic carbocycles. The molecule has 0 unspecified atom stereocenters. The maximum Gasteiger partial charge on any atom is 0.409 e. The summed E-state index contributed by atoms with van der Waals surface area (Å²) >= 11 is 0. The van der Waals surface area contributed by atoms with Crippen LogP contribution in [0.4, 0.5) is 4.79 Å². The molecule has 1 aliphatic heterocycles. The highest BCUT2D eigenvalue weighted by Gasteiger charge is 2.27. The van der Waals surface area contributed by atoms with E-state index in [1.807, 2.05) is 26.1 Å². The Hall–Kier alpha value is -3.28. The average Bonchev–Trinajstić information content (AvgIpc) is 3.25. The number of H-pyrrole nitrogens is 1. The van der Waals surface area contributed by atoms with E-state index in [1.165, 1.54) is 11.1 Å². The number of primary amides is 1. The molecule has 2 amide bonds. The Balaban J connectivity index is 1.62. The van der Waals surface area contributed by atoms with E-state index in [0.29, 0.717) is 31.2 Å². The van der Waals surface area contributed by atoms with Crippen molar-refractivity contribution in [1.82, 2.24) is 9.88 Å². The zero-order chi connectivity index (χ0) is 25.3. The van der Waals surface area contributed by atoms with Crippen LogP contribution in [-0.4, -0.2) is 41.6 Å². The van der Waals surface area contributed by atoms with Crippen molar-refractivity contribution in [3.05, 3.63) is 59.3 Å². The summed E-state index contributed by atoms with van der Waals surface area (Å²) in [5, 5.41) is 1.03. The summed E-state index contributed by atoms with van der Waals surface area (Å²) in [4.78, 5) is 29.8. The minimum atomic E-state index is -0.445. The topological polar surface area (TPSA) is 88.4 Å². The highest BCUT2D eigenvalue weighted by atomic mass is 16.6. The number of rotatable bonds is 5. The second-order valence-electron chi connectivity index (χ2n) is 11.1. The lowest BCUT2D eigenvalue weighted by Crippen LogP contribution is -2.38. The minimum absolute atomic E-state index is 0.0742. The Morgan fingerprint density at radius 2 is 1.74 bits per heavy atom. The summed E-state index contributed by atoms with van der Waals surface area (Å²) in [5.41, 5.74) is 11.6. The van der Waals surface area contributed by atoms with Gasteiger partial charge in [-0.3, -0.25) is 4.79 Å². The van der Waals surface area contributed by atoms with Gasteiger partial charge < -0.3 is 20.4 Å². The number of nitrogens with zero attached hydrogens (tertiary/aromatic N) is 1. The third-order valence-electron chi connectivity index (χ3n) is 6.90. The number of nitrogens with two attached hydrogens (primary N) is 1. The molecule has 2 heterocycles. The molecule has 3 N–H and O–H groups in total. The van der Waals surface area contributed by atoms with E-state index in [4.69, 9.17) is 10.5 Å². The van der Waals surface area contributed by atoms with Crippen molar-refractivity contribution in [1.29, 1.82) is 0 Å². The van der Waals surface area contributed by atoms with E-state index in [0.717, 1.165) is 34.9 Å². The van der Waals surface area contributed by atoms with Crippen LogP contribution >= 0.6 is 0 Å². The molecule has 0 saturated carbocycles. The van der Waals surface area contributed by atoms with Crippen LogP contribution < -0.4 is 5.73 Å². The fourth-order valence-electron chi connectivity index (χ4n) is 4.82. The van der Waals surface area contributed by atoms with Crippen LogP contribution in [0.2, 0.25) is 0 Å². The van der Waals surface area contributed by atoms with Crippen molar-refractivity contribution < 1.29 is 14.3 Å². The van der Waals surface area contributed by atoms with Crippen LogP contribution in [0.5, 0.6) is 0 Å². The Morgan fingerprint density at radius 1 is 1.09 bits per heavy atom. The predicted molar refractivity (Wildman–Crippen MR) is 141 cm³/mol. The molecule has 3 aromatic rings. The molecule has 6 nitrogen and oxygen atoms in total. The number of carbonyl (C=O) groups is 2. The summed E-state index contributed by atoms with van der Waals surface area (Å²) < 4.78 is 5.40. The fourth-order valence-corrected chi connectivity index (χ4v) is 4.82. The first-order valence-electron chi connectivity index (χ1n) is 12.5. The van der Waals surface area contributed by atoms with E-state index in [-0.39, 0.29) is 17.4 Å².